The van der Waals surface area contributed by atoms with Crippen LogP contribution in [0.2, 0.25) is 0 Å². The molecule has 3 aromatic rings. The predicted octanol–water partition coefficient (Wildman–Crippen LogP) is 3.65. The van der Waals surface area contributed by atoms with Gasteiger partial charge in [0.1, 0.15) is 16.8 Å². The Balaban J connectivity index is 1.43. The number of hydrogen-bond acceptors (Lipinski definition) is 5. The summed E-state index contributed by atoms with van der Waals surface area (Å²) in [6.07, 6.45) is 1.38. The number of hydrogen-bond donors (Lipinski definition) is 1. The SMILES string of the molecule is O=C(OCC(=O)N1CCS[C@H]1c1ccccc1F)c1cn[nH]c1-c1ccccc1. The Labute approximate surface area is 171 Å². The van der Waals surface area contributed by atoms with Gasteiger partial charge in [0.2, 0.25) is 0 Å². The van der Waals surface area contributed by atoms with E-state index in [0.29, 0.717) is 23.6 Å². The van der Waals surface area contributed by atoms with Crippen molar-refractivity contribution in [2.45, 2.75) is 5.37 Å². The van der Waals surface area contributed by atoms with Crippen LogP contribution in [0.4, 0.5) is 4.39 Å². The van der Waals surface area contributed by atoms with Gasteiger partial charge in [0.05, 0.1) is 11.9 Å². The van der Waals surface area contributed by atoms with Gasteiger partial charge in [-0.2, -0.15) is 5.10 Å². The van der Waals surface area contributed by atoms with Gasteiger partial charge in [-0.3, -0.25) is 9.89 Å². The molecule has 2 aromatic carbocycles. The number of nitrogens with one attached hydrogen (secondary N) is 1. The summed E-state index contributed by atoms with van der Waals surface area (Å²) >= 11 is 1.49. The summed E-state index contributed by atoms with van der Waals surface area (Å²) in [5.74, 6) is -0.660. The van der Waals surface area contributed by atoms with Crippen LogP contribution in [0.25, 0.3) is 11.3 Å². The van der Waals surface area contributed by atoms with E-state index >= 15 is 0 Å². The zero-order chi connectivity index (χ0) is 20.2. The first-order chi connectivity index (χ1) is 14.1. The lowest BCUT2D eigenvalue weighted by atomic mass is 10.1. The average Bonchev–Trinajstić information content (AvgIpc) is 3.42. The minimum Gasteiger partial charge on any atom is -0.452 e. The second kappa shape index (κ2) is 8.48. The molecule has 0 radical (unpaired) electrons. The van der Waals surface area contributed by atoms with Crippen LogP contribution < -0.4 is 0 Å². The predicted molar refractivity (Wildman–Crippen MR) is 108 cm³/mol. The maximum atomic E-state index is 14.1. The Morgan fingerprint density at radius 3 is 2.72 bits per heavy atom. The number of ether oxygens (including phenoxy) is 1. The van der Waals surface area contributed by atoms with Crippen molar-refractivity contribution in [3.63, 3.8) is 0 Å². The van der Waals surface area contributed by atoms with E-state index in [-0.39, 0.29) is 17.3 Å². The molecule has 1 saturated heterocycles. The third-order valence-corrected chi connectivity index (χ3v) is 5.87. The van der Waals surface area contributed by atoms with Crippen LogP contribution in [0.3, 0.4) is 0 Å². The summed E-state index contributed by atoms with van der Waals surface area (Å²) in [6, 6.07) is 15.7. The number of nitrogens with zero attached hydrogens (tertiary/aromatic N) is 2. The number of amides is 1. The van der Waals surface area contributed by atoms with E-state index in [1.54, 1.807) is 23.1 Å². The Bertz CT molecular complexity index is 1020. The monoisotopic (exact) mass is 411 g/mol. The van der Waals surface area contributed by atoms with Crippen LogP contribution in [-0.2, 0) is 9.53 Å². The highest BCUT2D eigenvalue weighted by atomic mass is 32.2. The lowest BCUT2D eigenvalue weighted by Crippen LogP contribution is -2.34. The molecule has 8 heteroatoms. The van der Waals surface area contributed by atoms with Gasteiger partial charge in [0.25, 0.3) is 5.91 Å². The van der Waals surface area contributed by atoms with E-state index in [2.05, 4.69) is 10.2 Å². The lowest BCUT2D eigenvalue weighted by Gasteiger charge is -2.24. The molecule has 1 aromatic heterocycles. The number of carbonyl (C=O) groups excluding carboxylic acids is 2. The third-order valence-electron chi connectivity index (χ3n) is 4.63. The summed E-state index contributed by atoms with van der Waals surface area (Å²) in [5.41, 5.74) is 2.03. The van der Waals surface area contributed by atoms with Crippen LogP contribution in [0.15, 0.2) is 60.8 Å². The number of aromatic nitrogens is 2. The minimum atomic E-state index is -0.639. The van der Waals surface area contributed by atoms with Gasteiger partial charge >= 0.3 is 5.97 Å². The van der Waals surface area contributed by atoms with Gasteiger partial charge in [-0.05, 0) is 6.07 Å². The number of benzene rings is 2. The van der Waals surface area contributed by atoms with Crippen LogP contribution >= 0.6 is 11.8 Å². The molecule has 2 heterocycles. The van der Waals surface area contributed by atoms with Crippen molar-refractivity contribution in [2.75, 3.05) is 18.9 Å². The Morgan fingerprint density at radius 2 is 1.93 bits per heavy atom. The summed E-state index contributed by atoms with van der Waals surface area (Å²) in [4.78, 5) is 26.7. The molecular weight excluding hydrogens is 393 g/mol. The number of thioether (sulfide) groups is 1. The molecular formula is C21H18FN3O3S. The standard InChI is InChI=1S/C21H18FN3O3S/c22-17-9-5-4-8-15(17)20-25(10-11-29-20)18(26)13-28-21(27)16-12-23-24-19(16)14-6-2-1-3-7-14/h1-9,12,20H,10-11,13H2,(H,23,24)/t20-/m0/s1. The third kappa shape index (κ3) is 4.02. The zero-order valence-electron chi connectivity index (χ0n) is 15.4. The lowest BCUT2D eigenvalue weighted by molar-refractivity contribution is -0.134. The van der Waals surface area contributed by atoms with Crippen LogP contribution in [-0.4, -0.2) is 45.9 Å². The Kier molecular flexibility index (Phi) is 5.62. The van der Waals surface area contributed by atoms with Gasteiger partial charge in [-0.1, -0.05) is 48.5 Å². The molecule has 0 unspecified atom stereocenters. The second-order valence-electron chi connectivity index (χ2n) is 6.43. The van der Waals surface area contributed by atoms with E-state index in [1.165, 1.54) is 24.0 Å². The summed E-state index contributed by atoms with van der Waals surface area (Å²) in [7, 11) is 0. The van der Waals surface area contributed by atoms with E-state index in [1.807, 2.05) is 30.3 Å². The number of H-pyrrole nitrogens is 1. The molecule has 1 fully saturated rings. The largest absolute Gasteiger partial charge is 0.452 e. The molecule has 1 N–H and O–H groups in total. The van der Waals surface area contributed by atoms with Crippen molar-refractivity contribution in [3.05, 3.63) is 77.7 Å². The van der Waals surface area contributed by atoms with Crippen molar-refractivity contribution >= 4 is 23.6 Å². The van der Waals surface area contributed by atoms with Crippen LogP contribution in [0.5, 0.6) is 0 Å². The Hall–Kier alpha value is -3.13. The molecule has 1 amide bonds. The fourth-order valence-corrected chi connectivity index (χ4v) is 4.51. The molecule has 1 aliphatic heterocycles. The highest BCUT2D eigenvalue weighted by Crippen LogP contribution is 2.38. The quantitative estimate of drug-likeness (QED) is 0.649. The first-order valence-corrected chi connectivity index (χ1v) is 10.1. The van der Waals surface area contributed by atoms with Crippen molar-refractivity contribution in [3.8, 4) is 11.3 Å². The van der Waals surface area contributed by atoms with Crippen molar-refractivity contribution < 1.29 is 18.7 Å². The number of esters is 1. The average molecular weight is 411 g/mol. The van der Waals surface area contributed by atoms with Crippen molar-refractivity contribution in [1.82, 2.24) is 15.1 Å². The van der Waals surface area contributed by atoms with E-state index in [9.17, 15) is 14.0 Å². The number of rotatable bonds is 5. The maximum absolute atomic E-state index is 14.1. The fourth-order valence-electron chi connectivity index (χ4n) is 3.21. The van der Waals surface area contributed by atoms with Gasteiger partial charge in [0, 0.05) is 23.4 Å². The maximum Gasteiger partial charge on any atom is 0.342 e. The van der Waals surface area contributed by atoms with Crippen LogP contribution in [0.1, 0.15) is 21.3 Å². The molecule has 29 heavy (non-hydrogen) atoms. The molecule has 0 aliphatic carbocycles. The molecule has 0 spiro atoms. The first kappa shape index (κ1) is 19.2. The highest BCUT2D eigenvalue weighted by Gasteiger charge is 2.32. The van der Waals surface area contributed by atoms with Crippen LogP contribution in [0, 0.1) is 5.82 Å². The highest BCUT2D eigenvalue weighted by molar-refractivity contribution is 7.99. The zero-order valence-corrected chi connectivity index (χ0v) is 16.2. The number of halogens is 1. The van der Waals surface area contributed by atoms with Gasteiger partial charge in [-0.15, -0.1) is 11.8 Å². The molecule has 148 valence electrons. The molecule has 0 saturated carbocycles. The fraction of sp³-hybridized carbons (Fsp3) is 0.190. The Morgan fingerprint density at radius 1 is 1.17 bits per heavy atom. The number of aromatic amines is 1. The molecule has 1 aliphatic rings. The normalized spacial score (nSPS) is 16.0. The smallest absolute Gasteiger partial charge is 0.342 e. The molecule has 4 rings (SSSR count). The summed E-state index contributed by atoms with van der Waals surface area (Å²) in [6.45, 7) is 0.0603. The van der Waals surface area contributed by atoms with Gasteiger partial charge in [-0.25, -0.2) is 9.18 Å². The molecule has 6 nitrogen and oxygen atoms in total. The van der Waals surface area contributed by atoms with Crippen molar-refractivity contribution in [1.29, 1.82) is 0 Å². The van der Waals surface area contributed by atoms with Gasteiger partial charge < -0.3 is 9.64 Å². The summed E-state index contributed by atoms with van der Waals surface area (Å²) in [5, 5.41) is 6.29. The second-order valence-corrected chi connectivity index (χ2v) is 7.62. The number of carbonyl (C=O) groups is 2. The summed E-state index contributed by atoms with van der Waals surface area (Å²) < 4.78 is 19.4. The molecule has 1 atom stereocenters. The minimum absolute atomic E-state index is 0.255. The van der Waals surface area contributed by atoms with Gasteiger partial charge in [0.15, 0.2) is 6.61 Å². The van der Waals surface area contributed by atoms with Crippen molar-refractivity contribution in [2.24, 2.45) is 0 Å². The first-order valence-electron chi connectivity index (χ1n) is 9.06. The van der Waals surface area contributed by atoms with E-state index < -0.39 is 18.0 Å². The van der Waals surface area contributed by atoms with E-state index in [4.69, 9.17) is 4.74 Å². The molecule has 0 bridgehead atoms. The topological polar surface area (TPSA) is 75.3 Å². The van der Waals surface area contributed by atoms with E-state index in [0.717, 1.165) is 5.56 Å².